The number of nitrogens with one attached hydrogen (secondary N) is 1. The highest BCUT2D eigenvalue weighted by molar-refractivity contribution is 5.28. The lowest BCUT2D eigenvalue weighted by molar-refractivity contribution is 0.335. The summed E-state index contributed by atoms with van der Waals surface area (Å²) >= 11 is 0. The first-order valence-electron chi connectivity index (χ1n) is 7.16. The minimum absolute atomic E-state index is 0.344. The van der Waals surface area contributed by atoms with E-state index in [1.807, 2.05) is 12.1 Å². The average molecular weight is 247 g/mol. The molecule has 0 amide bonds. The quantitative estimate of drug-likeness (QED) is 0.846. The van der Waals surface area contributed by atoms with E-state index in [-0.39, 0.29) is 0 Å². The molecule has 0 saturated heterocycles. The van der Waals surface area contributed by atoms with E-state index in [4.69, 9.17) is 0 Å². The molecule has 1 aromatic rings. The summed E-state index contributed by atoms with van der Waals surface area (Å²) in [5.74, 6) is 1.94. The van der Waals surface area contributed by atoms with Crippen molar-refractivity contribution in [2.24, 2.45) is 11.8 Å². The molecule has 2 N–H and O–H groups in total. The number of phenolic OH excluding ortho intramolecular Hbond substituents is 1. The maximum Gasteiger partial charge on any atom is 0.115 e. The lowest BCUT2D eigenvalue weighted by Gasteiger charge is -2.26. The molecule has 100 valence electrons. The van der Waals surface area contributed by atoms with Gasteiger partial charge < -0.3 is 10.4 Å². The molecule has 0 spiro atoms. The highest BCUT2D eigenvalue weighted by Crippen LogP contribution is 2.33. The molecule has 0 bridgehead atoms. The second-order valence-electron chi connectivity index (χ2n) is 5.74. The van der Waals surface area contributed by atoms with Gasteiger partial charge in [0.15, 0.2) is 0 Å². The summed E-state index contributed by atoms with van der Waals surface area (Å²) < 4.78 is 0. The van der Waals surface area contributed by atoms with Gasteiger partial charge in [-0.3, -0.25) is 0 Å². The van der Waals surface area contributed by atoms with E-state index in [0.717, 1.165) is 18.3 Å². The van der Waals surface area contributed by atoms with Crippen molar-refractivity contribution >= 4 is 0 Å². The Morgan fingerprint density at radius 3 is 2.39 bits per heavy atom. The Balaban J connectivity index is 2.03. The van der Waals surface area contributed by atoms with Crippen LogP contribution in [0.5, 0.6) is 5.75 Å². The largest absolute Gasteiger partial charge is 0.508 e. The van der Waals surface area contributed by atoms with Crippen molar-refractivity contribution in [2.75, 3.05) is 0 Å². The van der Waals surface area contributed by atoms with Crippen molar-refractivity contribution in [3.05, 3.63) is 29.8 Å². The van der Waals surface area contributed by atoms with Crippen LogP contribution in [0.15, 0.2) is 24.3 Å². The molecule has 0 radical (unpaired) electrons. The highest BCUT2D eigenvalue weighted by Gasteiger charge is 2.30. The second kappa shape index (κ2) is 5.75. The first-order chi connectivity index (χ1) is 8.61. The molecular weight excluding hydrogens is 222 g/mol. The van der Waals surface area contributed by atoms with Gasteiger partial charge in [-0.2, -0.15) is 0 Å². The number of rotatable bonds is 4. The Morgan fingerprint density at radius 1 is 1.22 bits per heavy atom. The van der Waals surface area contributed by atoms with Gasteiger partial charge in [0.25, 0.3) is 0 Å². The van der Waals surface area contributed by atoms with E-state index in [1.54, 1.807) is 12.1 Å². The Hall–Kier alpha value is -1.02. The van der Waals surface area contributed by atoms with E-state index in [9.17, 15) is 5.11 Å². The van der Waals surface area contributed by atoms with Crippen LogP contribution in [0.2, 0.25) is 0 Å². The molecule has 1 aromatic carbocycles. The van der Waals surface area contributed by atoms with Gasteiger partial charge in [0.05, 0.1) is 0 Å². The van der Waals surface area contributed by atoms with E-state index in [0.29, 0.717) is 17.8 Å². The lowest BCUT2D eigenvalue weighted by Crippen LogP contribution is -2.35. The Kier molecular flexibility index (Phi) is 4.28. The van der Waals surface area contributed by atoms with E-state index in [2.05, 4.69) is 26.1 Å². The van der Waals surface area contributed by atoms with Crippen molar-refractivity contribution in [1.82, 2.24) is 5.32 Å². The average Bonchev–Trinajstić information content (AvgIpc) is 2.69. The van der Waals surface area contributed by atoms with Gasteiger partial charge in [-0.25, -0.2) is 0 Å². The third-order valence-corrected chi connectivity index (χ3v) is 4.58. The van der Waals surface area contributed by atoms with Crippen LogP contribution in [0.1, 0.15) is 51.6 Å². The predicted octanol–water partition coefficient (Wildman–Crippen LogP) is 3.87. The molecular formula is C16H25NO. The topological polar surface area (TPSA) is 32.3 Å². The van der Waals surface area contributed by atoms with Crippen molar-refractivity contribution < 1.29 is 5.11 Å². The molecule has 1 aliphatic rings. The molecule has 2 nitrogen and oxygen atoms in total. The van der Waals surface area contributed by atoms with Gasteiger partial charge in [0, 0.05) is 12.1 Å². The smallest absolute Gasteiger partial charge is 0.115 e. The summed E-state index contributed by atoms with van der Waals surface area (Å²) in [6, 6.07) is 8.65. The summed E-state index contributed by atoms with van der Waals surface area (Å²) in [7, 11) is 0. The van der Waals surface area contributed by atoms with Gasteiger partial charge in [0.2, 0.25) is 0 Å². The summed E-state index contributed by atoms with van der Waals surface area (Å²) in [6.45, 7) is 6.93. The number of hydrogen-bond donors (Lipinski definition) is 2. The molecule has 2 heteroatoms. The van der Waals surface area contributed by atoms with Crippen LogP contribution in [-0.2, 0) is 0 Å². The number of phenols is 1. The third kappa shape index (κ3) is 2.86. The Labute approximate surface area is 110 Å². The van der Waals surface area contributed by atoms with Crippen LogP contribution >= 0.6 is 0 Å². The van der Waals surface area contributed by atoms with Gasteiger partial charge in [-0.05, 0) is 48.8 Å². The maximum atomic E-state index is 9.35. The maximum absolute atomic E-state index is 9.35. The fraction of sp³-hybridized carbons (Fsp3) is 0.625. The normalized spacial score (nSPS) is 29.4. The summed E-state index contributed by atoms with van der Waals surface area (Å²) in [6.07, 6.45) is 3.71. The second-order valence-corrected chi connectivity index (χ2v) is 5.74. The molecule has 0 aliphatic heterocycles. The molecule has 4 atom stereocenters. The molecule has 1 saturated carbocycles. The molecule has 0 aromatic heterocycles. The molecule has 18 heavy (non-hydrogen) atoms. The first kappa shape index (κ1) is 13.4. The van der Waals surface area contributed by atoms with Crippen LogP contribution < -0.4 is 5.32 Å². The Morgan fingerprint density at radius 2 is 1.89 bits per heavy atom. The van der Waals surface area contributed by atoms with Crippen molar-refractivity contribution in [3.8, 4) is 5.75 Å². The van der Waals surface area contributed by atoms with Gasteiger partial charge in [-0.15, -0.1) is 0 Å². The fourth-order valence-electron chi connectivity index (χ4n) is 3.01. The van der Waals surface area contributed by atoms with Gasteiger partial charge in [0.1, 0.15) is 5.75 Å². The van der Waals surface area contributed by atoms with Crippen molar-refractivity contribution in [1.29, 1.82) is 0 Å². The number of hydrogen-bond acceptors (Lipinski definition) is 2. The Bertz CT molecular complexity index is 373. The van der Waals surface area contributed by atoms with Crippen LogP contribution in [0, 0.1) is 11.8 Å². The predicted molar refractivity (Wildman–Crippen MR) is 75.6 cm³/mol. The number of benzene rings is 1. The molecule has 4 unspecified atom stereocenters. The van der Waals surface area contributed by atoms with Crippen molar-refractivity contribution in [2.45, 2.75) is 52.1 Å². The monoisotopic (exact) mass is 247 g/mol. The summed E-state index contributed by atoms with van der Waals surface area (Å²) in [4.78, 5) is 0. The minimum Gasteiger partial charge on any atom is -0.508 e. The van der Waals surface area contributed by atoms with Gasteiger partial charge >= 0.3 is 0 Å². The highest BCUT2D eigenvalue weighted by atomic mass is 16.3. The summed E-state index contributed by atoms with van der Waals surface area (Å²) in [5, 5.41) is 13.2. The third-order valence-electron chi connectivity index (χ3n) is 4.58. The zero-order valence-corrected chi connectivity index (χ0v) is 11.7. The lowest BCUT2D eigenvalue weighted by atomic mass is 9.96. The van der Waals surface area contributed by atoms with Crippen LogP contribution in [0.4, 0.5) is 0 Å². The van der Waals surface area contributed by atoms with E-state index < -0.39 is 0 Å². The van der Waals surface area contributed by atoms with Crippen LogP contribution in [-0.4, -0.2) is 11.1 Å². The molecule has 0 heterocycles. The number of aromatic hydroxyl groups is 1. The zero-order chi connectivity index (χ0) is 13.1. The minimum atomic E-state index is 0.344. The standard InChI is InChI=1S/C16H25NO/c1-4-15(13-6-8-14(18)9-7-13)17-16-10-5-11(2)12(16)3/h6-9,11-12,15-18H,4-5,10H2,1-3H3. The van der Waals surface area contributed by atoms with E-state index >= 15 is 0 Å². The SMILES string of the molecule is CCC(NC1CCC(C)C1C)c1ccc(O)cc1. The zero-order valence-electron chi connectivity index (χ0n) is 11.7. The molecule has 2 rings (SSSR count). The fourth-order valence-corrected chi connectivity index (χ4v) is 3.01. The van der Waals surface area contributed by atoms with E-state index in [1.165, 1.54) is 18.4 Å². The molecule has 1 aliphatic carbocycles. The summed E-state index contributed by atoms with van der Waals surface area (Å²) in [5.41, 5.74) is 1.28. The van der Waals surface area contributed by atoms with Crippen LogP contribution in [0.25, 0.3) is 0 Å². The van der Waals surface area contributed by atoms with Gasteiger partial charge in [-0.1, -0.05) is 32.9 Å². The van der Waals surface area contributed by atoms with Crippen molar-refractivity contribution in [3.63, 3.8) is 0 Å². The first-order valence-corrected chi connectivity index (χ1v) is 7.16. The van der Waals surface area contributed by atoms with Crippen LogP contribution in [0.3, 0.4) is 0 Å². The molecule has 1 fully saturated rings.